The van der Waals surface area contributed by atoms with Crippen molar-refractivity contribution in [2.24, 2.45) is 17.8 Å². The first-order chi connectivity index (χ1) is 9.72. The molecule has 20 heavy (non-hydrogen) atoms. The van der Waals surface area contributed by atoms with Crippen molar-refractivity contribution >= 4 is 0 Å². The Bertz CT molecular complexity index is 417. The zero-order valence-corrected chi connectivity index (χ0v) is 12.8. The van der Waals surface area contributed by atoms with Gasteiger partial charge in [-0.3, -0.25) is 0 Å². The van der Waals surface area contributed by atoms with E-state index in [2.05, 4.69) is 29.3 Å². The molecule has 1 heterocycles. The summed E-state index contributed by atoms with van der Waals surface area (Å²) in [7, 11) is 0. The highest BCUT2D eigenvalue weighted by Crippen LogP contribution is 2.37. The molecule has 4 heteroatoms. The largest absolute Gasteiger partial charge is 0.338 e. The Morgan fingerprint density at radius 2 is 1.90 bits per heavy atom. The van der Waals surface area contributed by atoms with Gasteiger partial charge in [-0.15, -0.1) is 0 Å². The van der Waals surface area contributed by atoms with Gasteiger partial charge >= 0.3 is 0 Å². The molecular formula is C16H27N3O. The van der Waals surface area contributed by atoms with Crippen molar-refractivity contribution < 1.29 is 4.52 Å². The average Bonchev–Trinajstić information content (AvgIpc) is 3.15. The number of nitrogens with one attached hydrogen (secondary N) is 1. The lowest BCUT2D eigenvalue weighted by Gasteiger charge is -2.29. The zero-order valence-electron chi connectivity index (χ0n) is 12.8. The Kier molecular flexibility index (Phi) is 4.39. The molecule has 1 N–H and O–H groups in total. The maximum atomic E-state index is 5.37. The molecule has 0 atom stereocenters. The molecule has 0 spiro atoms. The molecule has 2 saturated carbocycles. The van der Waals surface area contributed by atoms with E-state index < -0.39 is 0 Å². The molecule has 0 unspecified atom stereocenters. The van der Waals surface area contributed by atoms with E-state index in [9.17, 15) is 0 Å². The van der Waals surface area contributed by atoms with Crippen molar-refractivity contribution in [3.8, 4) is 0 Å². The van der Waals surface area contributed by atoms with Crippen molar-refractivity contribution in [2.75, 3.05) is 6.54 Å². The quantitative estimate of drug-likeness (QED) is 0.864. The van der Waals surface area contributed by atoms with E-state index in [-0.39, 0.29) is 0 Å². The lowest BCUT2D eigenvalue weighted by atomic mass is 9.77. The highest BCUT2D eigenvalue weighted by atomic mass is 16.5. The molecule has 0 bridgehead atoms. The van der Waals surface area contributed by atoms with Crippen LogP contribution in [0.5, 0.6) is 0 Å². The van der Waals surface area contributed by atoms with Crippen LogP contribution in [-0.2, 0) is 6.54 Å². The van der Waals surface area contributed by atoms with Crippen molar-refractivity contribution in [1.29, 1.82) is 0 Å². The zero-order chi connectivity index (χ0) is 13.9. The van der Waals surface area contributed by atoms with E-state index in [4.69, 9.17) is 4.52 Å². The molecule has 1 aromatic rings. The van der Waals surface area contributed by atoms with Crippen molar-refractivity contribution in [1.82, 2.24) is 15.5 Å². The van der Waals surface area contributed by atoms with Gasteiger partial charge in [-0.2, -0.15) is 4.98 Å². The molecule has 2 aliphatic carbocycles. The summed E-state index contributed by atoms with van der Waals surface area (Å²) in [6, 6.07) is 0. The third-order valence-corrected chi connectivity index (χ3v) is 4.97. The van der Waals surface area contributed by atoms with E-state index >= 15 is 0 Å². The standard InChI is InChI=1S/C16H27N3O/c1-11(2)13-5-7-14(8-6-13)16-18-15(20-19-16)10-17-9-12-3-4-12/h11-14,17H,3-10H2,1-2H3. The fourth-order valence-corrected chi connectivity index (χ4v) is 3.25. The number of nitrogens with zero attached hydrogens (tertiary/aromatic N) is 2. The average molecular weight is 277 g/mol. The maximum Gasteiger partial charge on any atom is 0.240 e. The van der Waals surface area contributed by atoms with Crippen LogP contribution >= 0.6 is 0 Å². The first-order valence-corrected chi connectivity index (χ1v) is 8.25. The van der Waals surface area contributed by atoms with E-state index in [1.807, 2.05) is 0 Å². The number of hydrogen-bond donors (Lipinski definition) is 1. The molecule has 0 saturated heterocycles. The van der Waals surface area contributed by atoms with Crippen molar-refractivity contribution in [2.45, 2.75) is 64.8 Å². The molecule has 3 rings (SSSR count). The van der Waals surface area contributed by atoms with Gasteiger partial charge in [-0.1, -0.05) is 19.0 Å². The highest BCUT2D eigenvalue weighted by Gasteiger charge is 2.27. The fraction of sp³-hybridized carbons (Fsp3) is 0.875. The molecule has 112 valence electrons. The monoisotopic (exact) mass is 277 g/mol. The number of aromatic nitrogens is 2. The third kappa shape index (κ3) is 3.60. The molecular weight excluding hydrogens is 250 g/mol. The van der Waals surface area contributed by atoms with Crippen LogP contribution in [0.1, 0.15) is 70.0 Å². The number of hydrogen-bond acceptors (Lipinski definition) is 4. The normalized spacial score (nSPS) is 27.1. The Balaban J connectivity index is 1.46. The smallest absolute Gasteiger partial charge is 0.240 e. The van der Waals surface area contributed by atoms with E-state index in [0.717, 1.165) is 42.6 Å². The molecule has 0 radical (unpaired) electrons. The number of rotatable bonds is 6. The van der Waals surface area contributed by atoms with Crippen LogP contribution in [0.3, 0.4) is 0 Å². The lowest BCUT2D eigenvalue weighted by Crippen LogP contribution is -2.18. The topological polar surface area (TPSA) is 51.0 Å². The minimum absolute atomic E-state index is 0.519. The SMILES string of the molecule is CC(C)C1CCC(c2noc(CNCC3CC3)n2)CC1. The third-order valence-electron chi connectivity index (χ3n) is 4.97. The summed E-state index contributed by atoms with van der Waals surface area (Å²) in [5.74, 6) is 4.80. The van der Waals surface area contributed by atoms with Crippen LogP contribution in [0.4, 0.5) is 0 Å². The summed E-state index contributed by atoms with van der Waals surface area (Å²) >= 11 is 0. The molecule has 2 fully saturated rings. The van der Waals surface area contributed by atoms with Gasteiger partial charge in [0.2, 0.25) is 5.89 Å². The summed E-state index contributed by atoms with van der Waals surface area (Å²) in [5.41, 5.74) is 0. The van der Waals surface area contributed by atoms with Crippen LogP contribution in [0.2, 0.25) is 0 Å². The molecule has 4 nitrogen and oxygen atoms in total. The lowest BCUT2D eigenvalue weighted by molar-refractivity contribution is 0.251. The van der Waals surface area contributed by atoms with Crippen LogP contribution in [-0.4, -0.2) is 16.7 Å². The van der Waals surface area contributed by atoms with Gasteiger partial charge in [0, 0.05) is 5.92 Å². The first-order valence-electron chi connectivity index (χ1n) is 8.25. The minimum Gasteiger partial charge on any atom is -0.338 e. The van der Waals surface area contributed by atoms with Gasteiger partial charge in [0.15, 0.2) is 5.82 Å². The van der Waals surface area contributed by atoms with Gasteiger partial charge in [0.25, 0.3) is 0 Å². The second-order valence-corrected chi connectivity index (χ2v) is 6.98. The fourth-order valence-electron chi connectivity index (χ4n) is 3.25. The van der Waals surface area contributed by atoms with Crippen molar-refractivity contribution in [3.63, 3.8) is 0 Å². The van der Waals surface area contributed by atoms with Crippen molar-refractivity contribution in [3.05, 3.63) is 11.7 Å². The second-order valence-electron chi connectivity index (χ2n) is 6.98. The Morgan fingerprint density at radius 3 is 2.55 bits per heavy atom. The minimum atomic E-state index is 0.519. The molecule has 0 amide bonds. The van der Waals surface area contributed by atoms with Gasteiger partial charge in [0.1, 0.15) is 0 Å². The van der Waals surface area contributed by atoms with Gasteiger partial charge in [-0.25, -0.2) is 0 Å². The van der Waals surface area contributed by atoms with Gasteiger partial charge in [-0.05, 0) is 62.8 Å². The molecule has 0 aromatic carbocycles. The van der Waals surface area contributed by atoms with Gasteiger partial charge in [0.05, 0.1) is 6.54 Å². The second kappa shape index (κ2) is 6.25. The summed E-state index contributed by atoms with van der Waals surface area (Å²) in [5, 5.41) is 7.60. The molecule has 1 aromatic heterocycles. The maximum absolute atomic E-state index is 5.37. The van der Waals surface area contributed by atoms with E-state index in [1.54, 1.807) is 0 Å². The first kappa shape index (κ1) is 14.1. The Hall–Kier alpha value is -0.900. The van der Waals surface area contributed by atoms with Crippen LogP contribution in [0.25, 0.3) is 0 Å². The summed E-state index contributed by atoms with van der Waals surface area (Å²) in [6.07, 6.45) is 7.81. The van der Waals surface area contributed by atoms with E-state index in [0.29, 0.717) is 5.92 Å². The van der Waals surface area contributed by atoms with Crippen LogP contribution < -0.4 is 5.32 Å². The molecule has 0 aliphatic heterocycles. The Labute approximate surface area is 121 Å². The summed E-state index contributed by atoms with van der Waals surface area (Å²) in [4.78, 5) is 4.58. The van der Waals surface area contributed by atoms with Gasteiger partial charge < -0.3 is 9.84 Å². The summed E-state index contributed by atoms with van der Waals surface area (Å²) in [6.45, 7) is 6.49. The predicted molar refractivity (Wildman–Crippen MR) is 78.3 cm³/mol. The molecule has 2 aliphatic rings. The van der Waals surface area contributed by atoms with E-state index in [1.165, 1.54) is 38.5 Å². The Morgan fingerprint density at radius 1 is 1.15 bits per heavy atom. The predicted octanol–water partition coefficient (Wildman–Crippen LogP) is 3.50. The van der Waals surface area contributed by atoms with Crippen LogP contribution in [0, 0.1) is 17.8 Å². The highest BCUT2D eigenvalue weighted by molar-refractivity contribution is 4.98. The summed E-state index contributed by atoms with van der Waals surface area (Å²) < 4.78 is 5.37. The van der Waals surface area contributed by atoms with Crippen LogP contribution in [0.15, 0.2) is 4.52 Å².